The van der Waals surface area contributed by atoms with Gasteiger partial charge < -0.3 is 10.1 Å². The molecule has 0 bridgehead atoms. The molecule has 1 N–H and O–H groups in total. The molecule has 21 heavy (non-hydrogen) atoms. The molecule has 1 aromatic carbocycles. The van der Waals surface area contributed by atoms with Gasteiger partial charge in [0.15, 0.2) is 5.11 Å². The largest absolute Gasteiger partial charge is 0.496 e. The van der Waals surface area contributed by atoms with Crippen molar-refractivity contribution in [3.63, 3.8) is 0 Å². The molecule has 1 fully saturated rings. The number of ether oxygens (including phenoxy) is 1. The Balaban J connectivity index is 2.27. The minimum absolute atomic E-state index is 0.0818. The molecule has 0 radical (unpaired) electrons. The molecule has 1 heterocycles. The van der Waals surface area contributed by atoms with Crippen molar-refractivity contribution in [2.24, 2.45) is 0 Å². The highest BCUT2D eigenvalue weighted by molar-refractivity contribution is 7.80. The first-order chi connectivity index (χ1) is 9.93. The van der Waals surface area contributed by atoms with Crippen LogP contribution >= 0.6 is 12.2 Å². The van der Waals surface area contributed by atoms with Crippen molar-refractivity contribution in [1.29, 1.82) is 0 Å². The molecule has 9 heteroatoms. The Morgan fingerprint density at radius 1 is 1.38 bits per heavy atom. The molecule has 0 atom stereocenters. The van der Waals surface area contributed by atoms with Crippen molar-refractivity contribution in [2.45, 2.75) is 12.8 Å². The van der Waals surface area contributed by atoms with Crippen LogP contribution in [0.5, 0.6) is 5.75 Å². The number of thiocarbonyl (C=S) groups is 1. The van der Waals surface area contributed by atoms with Crippen molar-refractivity contribution < 1.29 is 19.2 Å². The Hall–Kier alpha value is -2.55. The zero-order valence-corrected chi connectivity index (χ0v) is 11.8. The highest BCUT2D eigenvalue weighted by Gasteiger charge is 2.33. The second-order valence-electron chi connectivity index (χ2n) is 4.19. The first kappa shape index (κ1) is 14.9. The summed E-state index contributed by atoms with van der Waals surface area (Å²) >= 11 is 4.98. The van der Waals surface area contributed by atoms with Gasteiger partial charge in [0, 0.05) is 12.8 Å². The summed E-state index contributed by atoms with van der Waals surface area (Å²) in [6, 6.07) is 4.12. The number of likely N-dealkylation sites (tertiary alicyclic amines) is 1. The maximum Gasteiger partial charge on any atom is 0.296 e. The van der Waals surface area contributed by atoms with Gasteiger partial charge in [0.25, 0.3) is 5.69 Å². The number of rotatable bonds is 3. The maximum atomic E-state index is 11.6. The van der Waals surface area contributed by atoms with Crippen LogP contribution in [-0.4, -0.2) is 33.9 Å². The molecule has 0 spiro atoms. The molecule has 8 nitrogen and oxygen atoms in total. The normalized spacial score (nSPS) is 14.2. The SMILES string of the molecule is COc1ccc(NC(=S)N2C(=O)CCC2=O)c([N+](=O)[O-])c1. The van der Waals surface area contributed by atoms with Gasteiger partial charge in [-0.1, -0.05) is 0 Å². The molecular formula is C12H11N3O5S. The van der Waals surface area contributed by atoms with Crippen LogP contribution in [0.15, 0.2) is 18.2 Å². The summed E-state index contributed by atoms with van der Waals surface area (Å²) in [6.45, 7) is 0. The van der Waals surface area contributed by atoms with Crippen LogP contribution < -0.4 is 10.1 Å². The smallest absolute Gasteiger partial charge is 0.296 e. The van der Waals surface area contributed by atoms with Crippen molar-refractivity contribution in [3.8, 4) is 5.75 Å². The van der Waals surface area contributed by atoms with Crippen LogP contribution in [-0.2, 0) is 9.59 Å². The van der Waals surface area contributed by atoms with Gasteiger partial charge in [-0.15, -0.1) is 0 Å². The van der Waals surface area contributed by atoms with Crippen LogP contribution in [0, 0.1) is 10.1 Å². The Morgan fingerprint density at radius 3 is 2.52 bits per heavy atom. The standard InChI is InChI=1S/C12H11N3O5S/c1-20-7-2-3-8(9(6-7)15(18)19)13-12(21)14-10(16)4-5-11(14)17/h2-3,6H,4-5H2,1H3,(H,13,21). The van der Waals surface area contributed by atoms with E-state index in [1.165, 1.54) is 25.3 Å². The predicted octanol–water partition coefficient (Wildman–Crippen LogP) is 1.45. The number of carbonyl (C=O) groups excluding carboxylic acids is 2. The first-order valence-corrected chi connectivity index (χ1v) is 6.34. The quantitative estimate of drug-likeness (QED) is 0.390. The Morgan fingerprint density at radius 2 is 2.00 bits per heavy atom. The highest BCUT2D eigenvalue weighted by atomic mass is 32.1. The third kappa shape index (κ3) is 2.97. The van der Waals surface area contributed by atoms with E-state index in [1.807, 2.05) is 0 Å². The van der Waals surface area contributed by atoms with Gasteiger partial charge in [-0.05, 0) is 24.4 Å². The monoisotopic (exact) mass is 309 g/mol. The Labute approximate surface area is 124 Å². The molecule has 1 saturated heterocycles. The number of hydrogen-bond acceptors (Lipinski definition) is 6. The summed E-state index contributed by atoms with van der Waals surface area (Å²) in [5.41, 5.74) is -0.186. The molecule has 110 valence electrons. The minimum Gasteiger partial charge on any atom is -0.496 e. The van der Waals surface area contributed by atoms with E-state index in [-0.39, 0.29) is 29.3 Å². The maximum absolute atomic E-state index is 11.6. The topological polar surface area (TPSA) is 102 Å². The number of nitrogens with one attached hydrogen (secondary N) is 1. The summed E-state index contributed by atoms with van der Waals surface area (Å²) < 4.78 is 4.92. The zero-order chi connectivity index (χ0) is 15.6. The number of anilines is 1. The van der Waals surface area contributed by atoms with Gasteiger partial charge >= 0.3 is 0 Å². The second kappa shape index (κ2) is 5.83. The number of nitro groups is 1. The van der Waals surface area contributed by atoms with Crippen LogP contribution in [0.2, 0.25) is 0 Å². The number of methoxy groups -OCH3 is 1. The van der Waals surface area contributed by atoms with Gasteiger partial charge in [-0.2, -0.15) is 0 Å². The molecule has 1 aliphatic heterocycles. The van der Waals surface area contributed by atoms with Crippen LogP contribution in [0.25, 0.3) is 0 Å². The summed E-state index contributed by atoms with van der Waals surface area (Å²) in [5, 5.41) is 13.4. The number of benzene rings is 1. The van der Waals surface area contributed by atoms with Crippen molar-refractivity contribution in [1.82, 2.24) is 4.90 Å². The second-order valence-corrected chi connectivity index (χ2v) is 4.58. The average Bonchev–Trinajstić information content (AvgIpc) is 2.78. The van der Waals surface area contributed by atoms with E-state index in [1.54, 1.807) is 0 Å². The van der Waals surface area contributed by atoms with E-state index in [2.05, 4.69) is 5.32 Å². The predicted molar refractivity (Wildman–Crippen MR) is 77.0 cm³/mol. The fraction of sp³-hybridized carbons (Fsp3) is 0.250. The number of carbonyl (C=O) groups is 2. The highest BCUT2D eigenvalue weighted by Crippen LogP contribution is 2.29. The number of amides is 2. The van der Waals surface area contributed by atoms with E-state index < -0.39 is 16.7 Å². The lowest BCUT2D eigenvalue weighted by molar-refractivity contribution is -0.384. The lowest BCUT2D eigenvalue weighted by Gasteiger charge is -2.16. The summed E-state index contributed by atoms with van der Waals surface area (Å²) in [4.78, 5) is 34.4. The van der Waals surface area contributed by atoms with E-state index in [0.29, 0.717) is 5.75 Å². The van der Waals surface area contributed by atoms with Crippen molar-refractivity contribution >= 4 is 40.5 Å². The molecule has 0 unspecified atom stereocenters. The van der Waals surface area contributed by atoms with Crippen molar-refractivity contribution in [3.05, 3.63) is 28.3 Å². The van der Waals surface area contributed by atoms with Gasteiger partial charge in [0.1, 0.15) is 11.4 Å². The Bertz CT molecular complexity index is 630. The van der Waals surface area contributed by atoms with Gasteiger partial charge in [0.2, 0.25) is 11.8 Å². The van der Waals surface area contributed by atoms with Crippen LogP contribution in [0.3, 0.4) is 0 Å². The Kier molecular flexibility index (Phi) is 4.13. The van der Waals surface area contributed by atoms with E-state index in [9.17, 15) is 19.7 Å². The molecule has 0 saturated carbocycles. The van der Waals surface area contributed by atoms with Crippen molar-refractivity contribution in [2.75, 3.05) is 12.4 Å². The van der Waals surface area contributed by atoms with E-state index in [4.69, 9.17) is 17.0 Å². The fourth-order valence-corrected chi connectivity index (χ4v) is 2.18. The van der Waals surface area contributed by atoms with Gasteiger partial charge in [-0.25, -0.2) is 4.90 Å². The lowest BCUT2D eigenvalue weighted by atomic mass is 10.2. The molecular weight excluding hydrogens is 298 g/mol. The zero-order valence-electron chi connectivity index (χ0n) is 11.0. The summed E-state index contributed by atoms with van der Waals surface area (Å²) in [5.74, 6) is -0.533. The number of nitro benzene ring substituents is 1. The summed E-state index contributed by atoms with van der Waals surface area (Å²) in [6.07, 6.45) is 0.177. The third-order valence-electron chi connectivity index (χ3n) is 2.90. The van der Waals surface area contributed by atoms with Crippen LogP contribution in [0.1, 0.15) is 12.8 Å². The fourth-order valence-electron chi connectivity index (χ4n) is 1.87. The molecule has 2 amide bonds. The van der Waals surface area contributed by atoms with Crippen LogP contribution in [0.4, 0.5) is 11.4 Å². The molecule has 2 rings (SSSR count). The molecule has 0 aromatic heterocycles. The minimum atomic E-state index is -0.610. The molecule has 1 aromatic rings. The third-order valence-corrected chi connectivity index (χ3v) is 3.18. The first-order valence-electron chi connectivity index (χ1n) is 5.93. The van der Waals surface area contributed by atoms with E-state index >= 15 is 0 Å². The van der Waals surface area contributed by atoms with Gasteiger partial charge in [-0.3, -0.25) is 19.7 Å². The average molecular weight is 309 g/mol. The molecule has 0 aliphatic carbocycles. The number of hydrogen-bond donors (Lipinski definition) is 1. The number of nitrogens with zero attached hydrogens (tertiary/aromatic N) is 2. The van der Waals surface area contributed by atoms with E-state index in [0.717, 1.165) is 4.90 Å². The molecule has 1 aliphatic rings. The summed E-state index contributed by atoms with van der Waals surface area (Å²) in [7, 11) is 1.39. The number of imide groups is 1. The van der Waals surface area contributed by atoms with Gasteiger partial charge in [0.05, 0.1) is 18.1 Å². The lowest BCUT2D eigenvalue weighted by Crippen LogP contribution is -2.38.